The van der Waals surface area contributed by atoms with Crippen molar-refractivity contribution < 1.29 is 18.7 Å². The van der Waals surface area contributed by atoms with Crippen LogP contribution in [0.5, 0.6) is 11.5 Å². The van der Waals surface area contributed by atoms with Crippen LogP contribution in [0.2, 0.25) is 0 Å². The highest BCUT2D eigenvalue weighted by molar-refractivity contribution is 6.02. The number of anilines is 1. The van der Waals surface area contributed by atoms with Crippen LogP contribution in [0.25, 0.3) is 0 Å². The Bertz CT molecular complexity index is 1250. The summed E-state index contributed by atoms with van der Waals surface area (Å²) in [7, 11) is 1.64. The van der Waals surface area contributed by atoms with Crippen molar-refractivity contribution in [1.82, 2.24) is 9.78 Å². The molecule has 4 rings (SSSR count). The van der Waals surface area contributed by atoms with Gasteiger partial charge in [-0.1, -0.05) is 45.0 Å². The minimum Gasteiger partial charge on any atom is -0.497 e. The average Bonchev–Trinajstić information content (AvgIpc) is 3.47. The fraction of sp³-hybridized carbons (Fsp3) is 0.259. The minimum absolute atomic E-state index is 0.0907. The van der Waals surface area contributed by atoms with E-state index in [1.54, 1.807) is 36.3 Å². The van der Waals surface area contributed by atoms with Crippen molar-refractivity contribution in [2.75, 3.05) is 12.4 Å². The summed E-state index contributed by atoms with van der Waals surface area (Å²) in [5.41, 5.74) is 2.96. The first kappa shape index (κ1) is 23.2. The first-order chi connectivity index (χ1) is 16.3. The Morgan fingerprint density at radius 1 is 1.06 bits per heavy atom. The topological polar surface area (TPSA) is 78.5 Å². The van der Waals surface area contributed by atoms with Crippen molar-refractivity contribution in [3.8, 4) is 11.5 Å². The lowest BCUT2D eigenvalue weighted by atomic mass is 9.87. The number of nitrogens with one attached hydrogen (secondary N) is 1. The smallest absolute Gasteiger partial charge is 0.291 e. The molecule has 0 radical (unpaired) electrons. The van der Waals surface area contributed by atoms with Crippen LogP contribution in [0.4, 0.5) is 5.69 Å². The van der Waals surface area contributed by atoms with Crippen molar-refractivity contribution in [2.24, 2.45) is 0 Å². The van der Waals surface area contributed by atoms with Gasteiger partial charge in [-0.05, 0) is 52.9 Å². The number of hydrogen-bond donors (Lipinski definition) is 1. The van der Waals surface area contributed by atoms with E-state index in [2.05, 4.69) is 43.3 Å². The molecule has 176 valence electrons. The van der Waals surface area contributed by atoms with Gasteiger partial charge >= 0.3 is 0 Å². The highest BCUT2D eigenvalue weighted by Gasteiger charge is 2.15. The predicted octanol–water partition coefficient (Wildman–Crippen LogP) is 5.66. The van der Waals surface area contributed by atoms with Crippen molar-refractivity contribution >= 4 is 11.6 Å². The van der Waals surface area contributed by atoms with E-state index >= 15 is 0 Å². The molecule has 0 saturated carbocycles. The minimum atomic E-state index is -0.346. The van der Waals surface area contributed by atoms with Gasteiger partial charge in [0.25, 0.3) is 5.91 Å². The lowest BCUT2D eigenvalue weighted by Crippen LogP contribution is -2.10. The summed E-state index contributed by atoms with van der Waals surface area (Å²) in [5.74, 6) is 1.97. The fourth-order valence-electron chi connectivity index (χ4n) is 3.45. The summed E-state index contributed by atoms with van der Waals surface area (Å²) >= 11 is 0. The summed E-state index contributed by atoms with van der Waals surface area (Å²) in [4.78, 5) is 12.6. The Morgan fingerprint density at radius 3 is 2.59 bits per heavy atom. The van der Waals surface area contributed by atoms with E-state index in [1.807, 2.05) is 36.4 Å². The van der Waals surface area contributed by atoms with E-state index in [-0.39, 0.29) is 23.7 Å². The summed E-state index contributed by atoms with van der Waals surface area (Å²) in [5, 5.41) is 7.13. The van der Waals surface area contributed by atoms with Gasteiger partial charge in [-0.3, -0.25) is 9.48 Å². The lowest BCUT2D eigenvalue weighted by Gasteiger charge is -2.19. The van der Waals surface area contributed by atoms with Crippen molar-refractivity contribution in [1.29, 1.82) is 0 Å². The molecule has 7 nitrogen and oxygen atoms in total. The van der Waals surface area contributed by atoms with Gasteiger partial charge in [-0.15, -0.1) is 0 Å². The quantitative estimate of drug-likeness (QED) is 0.368. The van der Waals surface area contributed by atoms with Crippen LogP contribution >= 0.6 is 0 Å². The number of amides is 1. The van der Waals surface area contributed by atoms with Crippen LogP contribution in [0.15, 0.2) is 77.5 Å². The number of methoxy groups -OCH3 is 1. The van der Waals surface area contributed by atoms with Crippen molar-refractivity contribution in [3.63, 3.8) is 0 Å². The fourth-order valence-corrected chi connectivity index (χ4v) is 3.45. The predicted molar refractivity (Wildman–Crippen MR) is 130 cm³/mol. The molecule has 34 heavy (non-hydrogen) atoms. The largest absolute Gasteiger partial charge is 0.497 e. The van der Waals surface area contributed by atoms with Gasteiger partial charge in [0.15, 0.2) is 5.76 Å². The number of rotatable bonds is 8. The molecule has 0 spiro atoms. The molecule has 0 aliphatic carbocycles. The normalized spacial score (nSPS) is 11.3. The molecule has 4 aromatic rings. The molecule has 0 fully saturated rings. The van der Waals surface area contributed by atoms with E-state index in [0.29, 0.717) is 18.0 Å². The second-order valence-corrected chi connectivity index (χ2v) is 9.06. The monoisotopic (exact) mass is 459 g/mol. The molecule has 0 unspecified atom stereocenters. The van der Waals surface area contributed by atoms with Gasteiger partial charge in [0.05, 0.1) is 25.5 Å². The first-order valence-electron chi connectivity index (χ1n) is 11.1. The van der Waals surface area contributed by atoms with Gasteiger partial charge in [0.2, 0.25) is 0 Å². The number of benzene rings is 2. The van der Waals surface area contributed by atoms with E-state index in [9.17, 15) is 4.79 Å². The van der Waals surface area contributed by atoms with Gasteiger partial charge in [-0.2, -0.15) is 5.10 Å². The Morgan fingerprint density at radius 2 is 1.85 bits per heavy atom. The summed E-state index contributed by atoms with van der Waals surface area (Å²) in [6, 6.07) is 19.2. The zero-order valence-electron chi connectivity index (χ0n) is 19.9. The lowest BCUT2D eigenvalue weighted by molar-refractivity contribution is 0.0992. The third kappa shape index (κ3) is 5.86. The summed E-state index contributed by atoms with van der Waals surface area (Å²) < 4.78 is 18.5. The number of furan rings is 1. The van der Waals surface area contributed by atoms with Gasteiger partial charge < -0.3 is 19.2 Å². The first-order valence-corrected chi connectivity index (χ1v) is 11.1. The molecule has 0 atom stereocenters. The number of aromatic nitrogens is 2. The van der Waals surface area contributed by atoms with E-state index in [1.165, 1.54) is 5.56 Å². The van der Waals surface area contributed by atoms with Gasteiger partial charge in [-0.25, -0.2) is 0 Å². The SMILES string of the molecule is COc1cccc(Cn2cc(NC(=O)c3ccc(COc4ccc(C(C)(C)C)cc4)o3)cn2)c1. The zero-order chi connectivity index (χ0) is 24.1. The molecule has 0 aliphatic rings. The maximum Gasteiger partial charge on any atom is 0.291 e. The summed E-state index contributed by atoms with van der Waals surface area (Å²) in [6.07, 6.45) is 3.37. The molecule has 0 bridgehead atoms. The van der Waals surface area contributed by atoms with Crippen LogP contribution in [-0.2, 0) is 18.6 Å². The van der Waals surface area contributed by atoms with Gasteiger partial charge in [0.1, 0.15) is 23.9 Å². The second-order valence-electron chi connectivity index (χ2n) is 9.06. The highest BCUT2D eigenvalue weighted by atomic mass is 16.5. The number of carbonyl (C=O) groups excluding carboxylic acids is 1. The molecule has 0 saturated heterocycles. The van der Waals surface area contributed by atoms with Gasteiger partial charge in [0, 0.05) is 6.20 Å². The van der Waals surface area contributed by atoms with E-state index in [0.717, 1.165) is 17.1 Å². The molecule has 7 heteroatoms. The Hall–Kier alpha value is -4.00. The number of carbonyl (C=O) groups is 1. The summed E-state index contributed by atoms with van der Waals surface area (Å²) in [6.45, 7) is 7.31. The van der Waals surface area contributed by atoms with Crippen LogP contribution in [0.3, 0.4) is 0 Å². The van der Waals surface area contributed by atoms with Crippen LogP contribution in [-0.4, -0.2) is 22.8 Å². The Kier molecular flexibility index (Phi) is 6.72. The molecule has 1 amide bonds. The van der Waals surface area contributed by atoms with E-state index in [4.69, 9.17) is 13.9 Å². The molecule has 2 aromatic carbocycles. The third-order valence-electron chi connectivity index (χ3n) is 5.36. The molecule has 2 heterocycles. The van der Waals surface area contributed by atoms with Crippen molar-refractivity contribution in [3.05, 3.63) is 95.7 Å². The molecule has 0 aliphatic heterocycles. The number of ether oxygens (including phenoxy) is 2. The molecular weight excluding hydrogens is 430 g/mol. The van der Waals surface area contributed by atoms with E-state index < -0.39 is 0 Å². The Balaban J connectivity index is 1.31. The molecular formula is C27H29N3O4. The molecule has 1 N–H and O–H groups in total. The van der Waals surface area contributed by atoms with Crippen LogP contribution in [0, 0.1) is 0 Å². The Labute approximate surface area is 199 Å². The zero-order valence-corrected chi connectivity index (χ0v) is 19.9. The van der Waals surface area contributed by atoms with Crippen molar-refractivity contribution in [2.45, 2.75) is 39.3 Å². The molecule has 2 aromatic heterocycles. The second kappa shape index (κ2) is 9.87. The maximum atomic E-state index is 12.6. The number of nitrogens with zero attached hydrogens (tertiary/aromatic N) is 2. The van der Waals surface area contributed by atoms with Crippen LogP contribution < -0.4 is 14.8 Å². The van der Waals surface area contributed by atoms with Crippen LogP contribution in [0.1, 0.15) is 48.2 Å². The highest BCUT2D eigenvalue weighted by Crippen LogP contribution is 2.25. The third-order valence-corrected chi connectivity index (χ3v) is 5.36. The maximum absolute atomic E-state index is 12.6. The number of hydrogen-bond acceptors (Lipinski definition) is 5. The average molecular weight is 460 g/mol. The standard InChI is InChI=1S/C27H29N3O4/c1-27(2,3)20-8-10-22(11-9-20)33-18-24-12-13-25(34-24)26(31)29-21-15-28-30(17-21)16-19-6-5-7-23(14-19)32-4/h5-15,17H,16,18H2,1-4H3,(H,29,31).